The van der Waals surface area contributed by atoms with Crippen LogP contribution < -0.4 is 4.90 Å². The topological polar surface area (TPSA) is 60.9 Å². The van der Waals surface area contributed by atoms with Gasteiger partial charge in [0.1, 0.15) is 0 Å². The molecule has 0 aliphatic carbocycles. The second kappa shape index (κ2) is 6.52. The molecule has 0 saturated carbocycles. The second-order valence-corrected chi connectivity index (χ2v) is 5.16. The zero-order valence-electron chi connectivity index (χ0n) is 11.7. The molecule has 0 radical (unpaired) electrons. The van der Waals surface area contributed by atoms with Gasteiger partial charge >= 0.3 is 5.97 Å². The van der Waals surface area contributed by atoms with Crippen molar-refractivity contribution in [3.63, 3.8) is 0 Å². The third-order valence-corrected chi connectivity index (χ3v) is 3.52. The zero-order valence-corrected chi connectivity index (χ0v) is 11.7. The average Bonchev–Trinajstić information content (AvgIpc) is 2.44. The van der Waals surface area contributed by atoms with Crippen LogP contribution in [0.5, 0.6) is 0 Å². The third kappa shape index (κ3) is 3.57. The quantitative estimate of drug-likeness (QED) is 0.882. The molecule has 0 unspecified atom stereocenters. The van der Waals surface area contributed by atoms with Gasteiger partial charge in [-0.15, -0.1) is 0 Å². The standard InChI is InChI=1S/C15H20N2O3/c1-16(10-8-15(19)20)11-14(18)17-9-4-6-12-5-2-3-7-13(12)17/h2-3,5,7H,4,6,8-11H2,1H3,(H,19,20). The number of carboxylic acids is 1. The first-order valence-electron chi connectivity index (χ1n) is 6.86. The van der Waals surface area contributed by atoms with Crippen LogP contribution in [-0.4, -0.2) is 48.6 Å². The number of hydrogen-bond acceptors (Lipinski definition) is 3. The second-order valence-electron chi connectivity index (χ2n) is 5.16. The van der Waals surface area contributed by atoms with Crippen LogP contribution in [0.3, 0.4) is 0 Å². The van der Waals surface area contributed by atoms with Gasteiger partial charge in [-0.1, -0.05) is 18.2 Å². The van der Waals surface area contributed by atoms with E-state index in [1.54, 1.807) is 11.9 Å². The monoisotopic (exact) mass is 276 g/mol. The van der Waals surface area contributed by atoms with E-state index in [0.29, 0.717) is 6.54 Å². The molecule has 1 N–H and O–H groups in total. The number of fused-ring (bicyclic) bond motifs is 1. The summed E-state index contributed by atoms with van der Waals surface area (Å²) in [5.74, 6) is -0.808. The number of hydrogen-bond donors (Lipinski definition) is 1. The summed E-state index contributed by atoms with van der Waals surface area (Å²) in [6.07, 6.45) is 2.04. The van der Waals surface area contributed by atoms with Crippen LogP contribution in [0.2, 0.25) is 0 Å². The highest BCUT2D eigenvalue weighted by atomic mass is 16.4. The minimum absolute atomic E-state index is 0.0324. The Labute approximate surface area is 118 Å². The molecule has 1 aromatic rings. The Bertz CT molecular complexity index is 502. The average molecular weight is 276 g/mol. The smallest absolute Gasteiger partial charge is 0.304 e. The Kier molecular flexibility index (Phi) is 4.74. The third-order valence-electron chi connectivity index (χ3n) is 3.52. The predicted molar refractivity (Wildman–Crippen MR) is 76.9 cm³/mol. The zero-order chi connectivity index (χ0) is 14.5. The van der Waals surface area contributed by atoms with Gasteiger partial charge in [0, 0.05) is 18.8 Å². The molecule has 108 valence electrons. The van der Waals surface area contributed by atoms with Gasteiger partial charge in [0.05, 0.1) is 13.0 Å². The van der Waals surface area contributed by atoms with Gasteiger partial charge in [0.2, 0.25) is 5.91 Å². The van der Waals surface area contributed by atoms with Gasteiger partial charge in [-0.3, -0.25) is 14.5 Å². The maximum Gasteiger partial charge on any atom is 0.304 e. The predicted octanol–water partition coefficient (Wildman–Crippen LogP) is 1.37. The van der Waals surface area contributed by atoms with Crippen molar-refractivity contribution < 1.29 is 14.7 Å². The fraction of sp³-hybridized carbons (Fsp3) is 0.467. The van der Waals surface area contributed by atoms with Gasteiger partial charge in [0.25, 0.3) is 0 Å². The highest BCUT2D eigenvalue weighted by Gasteiger charge is 2.22. The molecule has 1 aliphatic rings. The summed E-state index contributed by atoms with van der Waals surface area (Å²) in [6.45, 7) is 1.38. The summed E-state index contributed by atoms with van der Waals surface area (Å²) in [4.78, 5) is 26.5. The minimum Gasteiger partial charge on any atom is -0.481 e. The van der Waals surface area contributed by atoms with Crippen LogP contribution in [0.25, 0.3) is 0 Å². The fourth-order valence-electron chi connectivity index (χ4n) is 2.47. The van der Waals surface area contributed by atoms with Gasteiger partial charge in [-0.2, -0.15) is 0 Å². The number of likely N-dealkylation sites (N-methyl/N-ethyl adjacent to an activating group) is 1. The molecule has 20 heavy (non-hydrogen) atoms. The summed E-state index contributed by atoms with van der Waals surface area (Å²) in [5, 5.41) is 8.65. The molecule has 0 spiro atoms. The Morgan fingerprint density at radius 2 is 2.10 bits per heavy atom. The summed E-state index contributed by atoms with van der Waals surface area (Å²) in [7, 11) is 1.77. The number of nitrogens with zero attached hydrogens (tertiary/aromatic N) is 2. The maximum atomic E-state index is 12.4. The summed E-state index contributed by atoms with van der Waals surface area (Å²) >= 11 is 0. The lowest BCUT2D eigenvalue weighted by molar-refractivity contribution is -0.137. The van der Waals surface area contributed by atoms with Crippen molar-refractivity contribution in [2.45, 2.75) is 19.3 Å². The van der Waals surface area contributed by atoms with Crippen LogP contribution in [0.1, 0.15) is 18.4 Å². The van der Waals surface area contributed by atoms with Crippen LogP contribution in [-0.2, 0) is 16.0 Å². The van der Waals surface area contributed by atoms with E-state index >= 15 is 0 Å². The van der Waals surface area contributed by atoms with Crippen molar-refractivity contribution in [1.82, 2.24) is 4.90 Å². The number of carbonyl (C=O) groups is 2. The fourth-order valence-corrected chi connectivity index (χ4v) is 2.47. The van der Waals surface area contributed by atoms with Crippen molar-refractivity contribution in [3.8, 4) is 0 Å². The van der Waals surface area contributed by atoms with Gasteiger partial charge in [-0.25, -0.2) is 0 Å². The van der Waals surface area contributed by atoms with E-state index in [2.05, 4.69) is 6.07 Å². The molecule has 5 nitrogen and oxygen atoms in total. The van der Waals surface area contributed by atoms with Crippen LogP contribution in [0.4, 0.5) is 5.69 Å². The van der Waals surface area contributed by atoms with E-state index in [9.17, 15) is 9.59 Å². The Hall–Kier alpha value is -1.88. The first kappa shape index (κ1) is 14.5. The highest BCUT2D eigenvalue weighted by molar-refractivity contribution is 5.95. The van der Waals surface area contributed by atoms with Crippen LogP contribution in [0, 0.1) is 0 Å². The Balaban J connectivity index is 1.98. The number of para-hydroxylation sites is 1. The number of aryl methyl sites for hydroxylation is 1. The summed E-state index contributed by atoms with van der Waals surface area (Å²) in [5.41, 5.74) is 2.20. The van der Waals surface area contributed by atoms with Crippen molar-refractivity contribution in [1.29, 1.82) is 0 Å². The molecule has 0 saturated heterocycles. The van der Waals surface area contributed by atoms with Crippen LogP contribution >= 0.6 is 0 Å². The molecular formula is C15H20N2O3. The number of benzene rings is 1. The maximum absolute atomic E-state index is 12.4. The first-order valence-corrected chi connectivity index (χ1v) is 6.86. The van der Waals surface area contributed by atoms with E-state index in [0.717, 1.165) is 25.1 Å². The number of carboxylic acid groups (broad SMARTS) is 1. The number of anilines is 1. The molecule has 0 bridgehead atoms. The first-order chi connectivity index (χ1) is 9.58. The van der Waals surface area contributed by atoms with E-state index in [1.165, 1.54) is 5.56 Å². The van der Waals surface area contributed by atoms with E-state index in [-0.39, 0.29) is 18.9 Å². The number of rotatable bonds is 5. The molecule has 1 aliphatic heterocycles. The van der Waals surface area contributed by atoms with Crippen molar-refractivity contribution in [2.75, 3.05) is 31.6 Å². The SMILES string of the molecule is CN(CCC(=O)O)CC(=O)N1CCCc2ccccc21. The van der Waals surface area contributed by atoms with E-state index in [1.807, 2.05) is 23.1 Å². The normalized spacial score (nSPS) is 14.2. The van der Waals surface area contributed by atoms with Gasteiger partial charge in [-0.05, 0) is 31.5 Å². The van der Waals surface area contributed by atoms with Crippen LogP contribution in [0.15, 0.2) is 24.3 Å². The highest BCUT2D eigenvalue weighted by Crippen LogP contribution is 2.26. The van der Waals surface area contributed by atoms with Gasteiger partial charge < -0.3 is 10.0 Å². The molecular weight excluding hydrogens is 256 g/mol. The molecule has 1 heterocycles. The number of amides is 1. The molecule has 0 atom stereocenters. The number of aliphatic carboxylic acids is 1. The summed E-state index contributed by atoms with van der Waals surface area (Å²) < 4.78 is 0. The molecule has 2 rings (SSSR count). The number of carbonyl (C=O) groups excluding carboxylic acids is 1. The van der Waals surface area contributed by atoms with E-state index in [4.69, 9.17) is 5.11 Å². The molecule has 0 aromatic heterocycles. The lowest BCUT2D eigenvalue weighted by Gasteiger charge is -2.30. The van der Waals surface area contributed by atoms with Crippen molar-refractivity contribution in [3.05, 3.63) is 29.8 Å². The van der Waals surface area contributed by atoms with E-state index < -0.39 is 5.97 Å². The Morgan fingerprint density at radius 1 is 1.35 bits per heavy atom. The summed E-state index contributed by atoms with van der Waals surface area (Å²) in [6, 6.07) is 7.97. The van der Waals surface area contributed by atoms with Crippen molar-refractivity contribution in [2.24, 2.45) is 0 Å². The molecule has 1 amide bonds. The Morgan fingerprint density at radius 3 is 2.85 bits per heavy atom. The minimum atomic E-state index is -0.840. The van der Waals surface area contributed by atoms with Crippen molar-refractivity contribution >= 4 is 17.6 Å². The molecule has 0 fully saturated rings. The lowest BCUT2D eigenvalue weighted by atomic mass is 10.0. The lowest BCUT2D eigenvalue weighted by Crippen LogP contribution is -2.42. The van der Waals surface area contributed by atoms with Gasteiger partial charge in [0.15, 0.2) is 0 Å². The largest absolute Gasteiger partial charge is 0.481 e. The molecule has 5 heteroatoms. The molecule has 1 aromatic carbocycles.